The zero-order valence-electron chi connectivity index (χ0n) is 11.1. The summed E-state index contributed by atoms with van der Waals surface area (Å²) in [7, 11) is 0. The highest BCUT2D eigenvalue weighted by Crippen LogP contribution is 2.20. The number of aliphatic carboxylic acids is 1. The van der Waals surface area contributed by atoms with E-state index in [1.807, 2.05) is 32.0 Å². The molecule has 0 saturated carbocycles. The summed E-state index contributed by atoms with van der Waals surface area (Å²) in [5.41, 5.74) is 3.13. The lowest BCUT2D eigenvalue weighted by atomic mass is 10.1. The van der Waals surface area contributed by atoms with Gasteiger partial charge in [0.25, 0.3) is 0 Å². The molecule has 0 bridgehead atoms. The van der Waals surface area contributed by atoms with E-state index in [0.717, 1.165) is 16.7 Å². The molecule has 0 aliphatic carbocycles. The number of hydrogen-bond acceptors (Lipinski definition) is 4. The van der Waals surface area contributed by atoms with Gasteiger partial charge in [-0.25, -0.2) is 15.0 Å². The third kappa shape index (κ3) is 3.13. The Labute approximate surface area is 111 Å². The molecular weight excluding hydrogens is 242 g/mol. The molecule has 0 unspecified atom stereocenters. The number of aromatic nitrogens is 3. The van der Waals surface area contributed by atoms with Crippen molar-refractivity contribution in [1.29, 1.82) is 0 Å². The summed E-state index contributed by atoms with van der Waals surface area (Å²) in [6.45, 7) is 5.74. The Morgan fingerprint density at radius 2 is 1.89 bits per heavy atom. The standard InChI is InChI=1S/C14H15N3O2/c1-8-4-5-11(9(2)6-8)14-16-10(3)15-12(17-14)7-13(18)19/h4-6H,7H2,1-3H3,(H,18,19). The fraction of sp³-hybridized carbons (Fsp3) is 0.286. The first-order valence-corrected chi connectivity index (χ1v) is 5.96. The summed E-state index contributed by atoms with van der Waals surface area (Å²) in [6, 6.07) is 5.98. The maximum Gasteiger partial charge on any atom is 0.311 e. The lowest BCUT2D eigenvalue weighted by Crippen LogP contribution is -2.08. The highest BCUT2D eigenvalue weighted by Gasteiger charge is 2.11. The van der Waals surface area contributed by atoms with Crippen molar-refractivity contribution in [2.75, 3.05) is 0 Å². The third-order valence-electron chi connectivity index (χ3n) is 2.73. The van der Waals surface area contributed by atoms with Crippen LogP contribution in [0.3, 0.4) is 0 Å². The van der Waals surface area contributed by atoms with Gasteiger partial charge in [-0.15, -0.1) is 0 Å². The van der Waals surface area contributed by atoms with Crippen LogP contribution in [0.25, 0.3) is 11.4 Å². The van der Waals surface area contributed by atoms with Crippen molar-refractivity contribution in [2.45, 2.75) is 27.2 Å². The second kappa shape index (κ2) is 5.14. The molecule has 0 spiro atoms. The summed E-state index contributed by atoms with van der Waals surface area (Å²) in [4.78, 5) is 23.3. The van der Waals surface area contributed by atoms with Crippen molar-refractivity contribution in [3.8, 4) is 11.4 Å². The molecule has 2 rings (SSSR count). The highest BCUT2D eigenvalue weighted by atomic mass is 16.4. The number of rotatable bonds is 3. The fourth-order valence-corrected chi connectivity index (χ4v) is 1.94. The minimum Gasteiger partial charge on any atom is -0.481 e. The molecule has 1 N–H and O–H groups in total. The number of carboxylic acid groups (broad SMARTS) is 1. The van der Waals surface area contributed by atoms with Gasteiger partial charge in [0.05, 0.1) is 0 Å². The third-order valence-corrected chi connectivity index (χ3v) is 2.73. The average molecular weight is 257 g/mol. The molecule has 19 heavy (non-hydrogen) atoms. The van der Waals surface area contributed by atoms with Crippen LogP contribution in [0.5, 0.6) is 0 Å². The van der Waals surface area contributed by atoms with E-state index in [-0.39, 0.29) is 12.2 Å². The largest absolute Gasteiger partial charge is 0.481 e. The lowest BCUT2D eigenvalue weighted by molar-refractivity contribution is -0.136. The van der Waals surface area contributed by atoms with Gasteiger partial charge in [0.2, 0.25) is 0 Å². The van der Waals surface area contributed by atoms with E-state index < -0.39 is 5.97 Å². The van der Waals surface area contributed by atoms with Crippen LogP contribution < -0.4 is 0 Å². The van der Waals surface area contributed by atoms with Gasteiger partial charge >= 0.3 is 5.97 Å². The Hall–Kier alpha value is -2.30. The van der Waals surface area contributed by atoms with E-state index in [1.54, 1.807) is 6.92 Å². The zero-order chi connectivity index (χ0) is 14.0. The SMILES string of the molecule is Cc1ccc(-c2nc(C)nc(CC(=O)O)n2)c(C)c1. The van der Waals surface area contributed by atoms with Gasteiger partial charge in [-0.2, -0.15) is 0 Å². The van der Waals surface area contributed by atoms with Crippen LogP contribution in [0.1, 0.15) is 22.8 Å². The van der Waals surface area contributed by atoms with Gasteiger partial charge in [-0.3, -0.25) is 4.79 Å². The lowest BCUT2D eigenvalue weighted by Gasteiger charge is -2.07. The quantitative estimate of drug-likeness (QED) is 0.911. The first-order chi connectivity index (χ1) is 8.95. The first-order valence-electron chi connectivity index (χ1n) is 5.96. The summed E-state index contributed by atoms with van der Waals surface area (Å²) in [5, 5.41) is 8.81. The van der Waals surface area contributed by atoms with Crippen molar-refractivity contribution < 1.29 is 9.90 Å². The van der Waals surface area contributed by atoms with E-state index in [9.17, 15) is 4.79 Å². The van der Waals surface area contributed by atoms with Gasteiger partial charge in [-0.1, -0.05) is 23.8 Å². The summed E-state index contributed by atoms with van der Waals surface area (Å²) in [6.07, 6.45) is -0.193. The molecule has 1 heterocycles. The summed E-state index contributed by atoms with van der Waals surface area (Å²) >= 11 is 0. The van der Waals surface area contributed by atoms with E-state index in [1.165, 1.54) is 0 Å². The van der Waals surface area contributed by atoms with Crippen molar-refractivity contribution in [2.24, 2.45) is 0 Å². The maximum absolute atomic E-state index is 10.7. The van der Waals surface area contributed by atoms with Crippen LogP contribution in [0.2, 0.25) is 0 Å². The molecule has 2 aromatic rings. The molecule has 1 aromatic heterocycles. The van der Waals surface area contributed by atoms with Crippen molar-refractivity contribution in [3.63, 3.8) is 0 Å². The number of benzene rings is 1. The monoisotopic (exact) mass is 257 g/mol. The minimum atomic E-state index is -0.947. The Balaban J connectivity index is 2.49. The minimum absolute atomic E-state index is 0.193. The van der Waals surface area contributed by atoms with Crippen molar-refractivity contribution in [1.82, 2.24) is 15.0 Å². The summed E-state index contributed by atoms with van der Waals surface area (Å²) < 4.78 is 0. The van der Waals surface area contributed by atoms with E-state index >= 15 is 0 Å². The van der Waals surface area contributed by atoms with E-state index in [2.05, 4.69) is 15.0 Å². The van der Waals surface area contributed by atoms with E-state index in [0.29, 0.717) is 11.6 Å². The van der Waals surface area contributed by atoms with E-state index in [4.69, 9.17) is 5.11 Å². The first kappa shape index (κ1) is 13.1. The second-order valence-corrected chi connectivity index (χ2v) is 4.51. The van der Waals surface area contributed by atoms with Crippen LogP contribution >= 0.6 is 0 Å². The molecule has 5 heteroatoms. The van der Waals surface area contributed by atoms with Crippen LogP contribution in [-0.2, 0) is 11.2 Å². The second-order valence-electron chi connectivity index (χ2n) is 4.51. The highest BCUT2D eigenvalue weighted by molar-refractivity contribution is 5.69. The number of hydrogen-bond donors (Lipinski definition) is 1. The molecule has 0 aliphatic rings. The number of nitrogens with zero attached hydrogens (tertiary/aromatic N) is 3. The van der Waals surface area contributed by atoms with Gasteiger partial charge < -0.3 is 5.11 Å². The predicted octanol–water partition coefficient (Wildman–Crippen LogP) is 2.09. The Kier molecular flexibility index (Phi) is 3.55. The molecule has 0 amide bonds. The van der Waals surface area contributed by atoms with Crippen LogP contribution in [0, 0.1) is 20.8 Å². The molecular formula is C14H15N3O2. The normalized spacial score (nSPS) is 10.5. The molecule has 0 saturated heterocycles. The van der Waals surface area contributed by atoms with Crippen molar-refractivity contribution in [3.05, 3.63) is 41.0 Å². The molecule has 1 aromatic carbocycles. The summed E-state index contributed by atoms with van der Waals surface area (Å²) in [5.74, 6) is 0.398. The molecule has 0 fully saturated rings. The predicted molar refractivity (Wildman–Crippen MR) is 70.8 cm³/mol. The molecule has 5 nitrogen and oxygen atoms in total. The van der Waals surface area contributed by atoms with Gasteiger partial charge in [0, 0.05) is 5.56 Å². The maximum atomic E-state index is 10.7. The topological polar surface area (TPSA) is 76.0 Å². The van der Waals surface area contributed by atoms with Crippen LogP contribution in [0.15, 0.2) is 18.2 Å². The van der Waals surface area contributed by atoms with Gasteiger partial charge in [0.15, 0.2) is 5.82 Å². The van der Waals surface area contributed by atoms with Crippen molar-refractivity contribution >= 4 is 5.97 Å². The average Bonchev–Trinajstić information content (AvgIpc) is 2.26. The smallest absolute Gasteiger partial charge is 0.311 e. The number of carboxylic acids is 1. The number of carbonyl (C=O) groups is 1. The fourth-order valence-electron chi connectivity index (χ4n) is 1.94. The van der Waals surface area contributed by atoms with Gasteiger partial charge in [0.1, 0.15) is 18.1 Å². The molecule has 98 valence electrons. The Morgan fingerprint density at radius 1 is 1.16 bits per heavy atom. The zero-order valence-corrected chi connectivity index (χ0v) is 11.1. The van der Waals surface area contributed by atoms with Crippen LogP contribution in [-0.4, -0.2) is 26.0 Å². The Bertz CT molecular complexity index is 639. The Morgan fingerprint density at radius 3 is 2.53 bits per heavy atom. The molecule has 0 atom stereocenters. The van der Waals surface area contributed by atoms with Crippen LogP contribution in [0.4, 0.5) is 0 Å². The number of aryl methyl sites for hydroxylation is 3. The molecule has 0 radical (unpaired) electrons. The molecule has 0 aliphatic heterocycles. The van der Waals surface area contributed by atoms with Gasteiger partial charge in [-0.05, 0) is 26.3 Å².